The summed E-state index contributed by atoms with van der Waals surface area (Å²) in [5.74, 6) is 0. The normalized spacial score (nSPS) is 19.8. The van der Waals surface area contributed by atoms with Crippen LogP contribution in [0.5, 0.6) is 0 Å². The van der Waals surface area contributed by atoms with E-state index < -0.39 is 0 Å². The van der Waals surface area contributed by atoms with Crippen LogP contribution in [0, 0.1) is 18.3 Å². The molecule has 0 spiro atoms. The second kappa shape index (κ2) is 4.57. The maximum absolute atomic E-state index is 9.15. The number of hydrogen-bond donors (Lipinski definition) is 0. The van der Waals surface area contributed by atoms with Crippen molar-refractivity contribution in [3.8, 4) is 6.07 Å². The quantitative estimate of drug-likeness (QED) is 0.755. The summed E-state index contributed by atoms with van der Waals surface area (Å²) in [5.41, 5.74) is 3.17. The molecule has 1 unspecified atom stereocenters. The minimum atomic E-state index is 0.619. The second-order valence-corrected chi connectivity index (χ2v) is 4.53. The Morgan fingerprint density at radius 2 is 2.31 bits per heavy atom. The SMILES string of the molecule is CCC1CCCN1c1cc(C)ccc1C#N. The van der Waals surface area contributed by atoms with Crippen molar-refractivity contribution >= 4 is 5.69 Å². The van der Waals surface area contributed by atoms with Crippen LogP contribution in [-0.4, -0.2) is 12.6 Å². The third-order valence-corrected chi connectivity index (χ3v) is 3.43. The van der Waals surface area contributed by atoms with E-state index in [4.69, 9.17) is 5.26 Å². The summed E-state index contributed by atoms with van der Waals surface area (Å²) in [5, 5.41) is 9.15. The Morgan fingerprint density at radius 3 is 3.00 bits per heavy atom. The monoisotopic (exact) mass is 214 g/mol. The molecule has 0 amide bonds. The molecule has 1 aromatic rings. The molecule has 1 aliphatic heterocycles. The van der Waals surface area contributed by atoms with Crippen LogP contribution in [-0.2, 0) is 0 Å². The standard InChI is InChI=1S/C14H18N2/c1-3-13-5-4-8-16(13)14-9-11(2)6-7-12(14)10-15/h6-7,9,13H,3-5,8H2,1-2H3. The van der Waals surface area contributed by atoms with E-state index in [1.807, 2.05) is 12.1 Å². The number of aryl methyl sites for hydroxylation is 1. The maximum Gasteiger partial charge on any atom is 0.101 e. The molecule has 0 aliphatic carbocycles. The highest BCUT2D eigenvalue weighted by atomic mass is 15.2. The summed E-state index contributed by atoms with van der Waals surface area (Å²) in [6.07, 6.45) is 3.67. The van der Waals surface area contributed by atoms with E-state index in [1.54, 1.807) is 0 Å². The van der Waals surface area contributed by atoms with Crippen molar-refractivity contribution in [2.45, 2.75) is 39.2 Å². The minimum Gasteiger partial charge on any atom is -0.367 e. The lowest BCUT2D eigenvalue weighted by atomic mass is 10.1. The zero-order chi connectivity index (χ0) is 11.5. The summed E-state index contributed by atoms with van der Waals surface area (Å²) < 4.78 is 0. The highest BCUT2D eigenvalue weighted by Gasteiger charge is 2.24. The van der Waals surface area contributed by atoms with Crippen molar-refractivity contribution in [2.24, 2.45) is 0 Å². The van der Waals surface area contributed by atoms with E-state index >= 15 is 0 Å². The zero-order valence-corrected chi connectivity index (χ0v) is 10.0. The molecule has 0 radical (unpaired) electrons. The predicted octanol–water partition coefficient (Wildman–Crippen LogP) is 3.25. The van der Waals surface area contributed by atoms with Gasteiger partial charge >= 0.3 is 0 Å². The highest BCUT2D eigenvalue weighted by Crippen LogP contribution is 2.30. The summed E-state index contributed by atoms with van der Waals surface area (Å²) in [4.78, 5) is 2.41. The van der Waals surface area contributed by atoms with Crippen LogP contribution in [0.25, 0.3) is 0 Å². The van der Waals surface area contributed by atoms with Crippen molar-refractivity contribution in [3.05, 3.63) is 29.3 Å². The van der Waals surface area contributed by atoms with Gasteiger partial charge < -0.3 is 4.90 Å². The van der Waals surface area contributed by atoms with E-state index in [2.05, 4.69) is 30.9 Å². The van der Waals surface area contributed by atoms with Crippen LogP contribution in [0.3, 0.4) is 0 Å². The highest BCUT2D eigenvalue weighted by molar-refractivity contribution is 5.61. The summed E-state index contributed by atoms with van der Waals surface area (Å²) >= 11 is 0. The Kier molecular flexibility index (Phi) is 3.14. The first-order chi connectivity index (χ1) is 7.76. The van der Waals surface area contributed by atoms with Crippen molar-refractivity contribution in [2.75, 3.05) is 11.4 Å². The Morgan fingerprint density at radius 1 is 1.50 bits per heavy atom. The molecule has 16 heavy (non-hydrogen) atoms. The number of nitrogens with zero attached hydrogens (tertiary/aromatic N) is 2. The Labute approximate surface area is 97.5 Å². The molecule has 2 heteroatoms. The molecular weight excluding hydrogens is 196 g/mol. The summed E-state index contributed by atoms with van der Waals surface area (Å²) in [6.45, 7) is 5.41. The molecule has 1 fully saturated rings. The van der Waals surface area contributed by atoms with Crippen molar-refractivity contribution < 1.29 is 0 Å². The molecule has 1 atom stereocenters. The molecule has 2 nitrogen and oxygen atoms in total. The third-order valence-electron chi connectivity index (χ3n) is 3.43. The molecule has 0 bridgehead atoms. The van der Waals surface area contributed by atoms with E-state index in [-0.39, 0.29) is 0 Å². The van der Waals surface area contributed by atoms with Crippen LogP contribution in [0.4, 0.5) is 5.69 Å². The molecule has 0 saturated carbocycles. The van der Waals surface area contributed by atoms with Gasteiger partial charge in [-0.15, -0.1) is 0 Å². The first kappa shape index (κ1) is 11.0. The zero-order valence-electron chi connectivity index (χ0n) is 10.0. The van der Waals surface area contributed by atoms with Crippen LogP contribution < -0.4 is 4.90 Å². The minimum absolute atomic E-state index is 0.619. The molecule has 1 heterocycles. The molecule has 0 aromatic heterocycles. The van der Waals surface area contributed by atoms with Gasteiger partial charge in [-0.1, -0.05) is 13.0 Å². The number of benzene rings is 1. The van der Waals surface area contributed by atoms with Gasteiger partial charge in [0.15, 0.2) is 0 Å². The molecule has 1 aromatic carbocycles. The van der Waals surface area contributed by atoms with Crippen molar-refractivity contribution in [3.63, 3.8) is 0 Å². The molecule has 84 valence electrons. The van der Waals surface area contributed by atoms with E-state index in [1.165, 1.54) is 24.8 Å². The summed E-state index contributed by atoms with van der Waals surface area (Å²) in [6, 6.07) is 9.02. The van der Waals surface area contributed by atoms with Crippen molar-refractivity contribution in [1.82, 2.24) is 0 Å². The van der Waals surface area contributed by atoms with Crippen LogP contribution in [0.15, 0.2) is 18.2 Å². The largest absolute Gasteiger partial charge is 0.367 e. The average molecular weight is 214 g/mol. The van der Waals surface area contributed by atoms with Crippen molar-refractivity contribution in [1.29, 1.82) is 5.26 Å². The fraction of sp³-hybridized carbons (Fsp3) is 0.500. The van der Waals surface area contributed by atoms with Gasteiger partial charge in [0.05, 0.1) is 11.3 Å². The lowest BCUT2D eigenvalue weighted by Gasteiger charge is -2.27. The number of rotatable bonds is 2. The van der Waals surface area contributed by atoms with Gasteiger partial charge in [-0.05, 0) is 43.9 Å². The van der Waals surface area contributed by atoms with E-state index in [0.717, 1.165) is 17.8 Å². The van der Waals surface area contributed by atoms with Gasteiger partial charge in [0.25, 0.3) is 0 Å². The molecule has 1 saturated heterocycles. The first-order valence-corrected chi connectivity index (χ1v) is 6.03. The van der Waals surface area contributed by atoms with Gasteiger partial charge in [0.2, 0.25) is 0 Å². The Hall–Kier alpha value is -1.49. The van der Waals surface area contributed by atoms with Gasteiger partial charge in [-0.3, -0.25) is 0 Å². The topological polar surface area (TPSA) is 27.0 Å². The number of hydrogen-bond acceptors (Lipinski definition) is 2. The average Bonchev–Trinajstić information content (AvgIpc) is 2.76. The smallest absolute Gasteiger partial charge is 0.101 e. The van der Waals surface area contributed by atoms with Gasteiger partial charge in [0, 0.05) is 12.6 Å². The van der Waals surface area contributed by atoms with Crippen LogP contribution >= 0.6 is 0 Å². The lowest BCUT2D eigenvalue weighted by Crippen LogP contribution is -2.29. The van der Waals surface area contributed by atoms with Crippen LogP contribution in [0.2, 0.25) is 0 Å². The fourth-order valence-corrected chi connectivity index (χ4v) is 2.55. The molecule has 1 aliphatic rings. The maximum atomic E-state index is 9.15. The number of anilines is 1. The van der Waals surface area contributed by atoms with Gasteiger partial charge in [-0.25, -0.2) is 0 Å². The molecule has 0 N–H and O–H groups in total. The molecular formula is C14H18N2. The summed E-state index contributed by atoms with van der Waals surface area (Å²) in [7, 11) is 0. The molecule has 2 rings (SSSR count). The Balaban J connectivity index is 2.39. The van der Waals surface area contributed by atoms with E-state index in [0.29, 0.717) is 6.04 Å². The van der Waals surface area contributed by atoms with Gasteiger partial charge in [0.1, 0.15) is 6.07 Å². The Bertz CT molecular complexity index is 417. The van der Waals surface area contributed by atoms with E-state index in [9.17, 15) is 0 Å². The lowest BCUT2D eigenvalue weighted by molar-refractivity contribution is 0.645. The second-order valence-electron chi connectivity index (χ2n) is 4.53. The van der Waals surface area contributed by atoms with Crippen LogP contribution in [0.1, 0.15) is 37.3 Å². The fourth-order valence-electron chi connectivity index (χ4n) is 2.55. The third kappa shape index (κ3) is 1.90. The first-order valence-electron chi connectivity index (χ1n) is 6.03. The van der Waals surface area contributed by atoms with Gasteiger partial charge in [-0.2, -0.15) is 5.26 Å². The predicted molar refractivity (Wildman–Crippen MR) is 66.6 cm³/mol. The number of nitriles is 1.